The molecule has 0 aliphatic heterocycles. The van der Waals surface area contributed by atoms with E-state index in [0.717, 1.165) is 30.5 Å². The summed E-state index contributed by atoms with van der Waals surface area (Å²) >= 11 is 0. The summed E-state index contributed by atoms with van der Waals surface area (Å²) in [5.74, 6) is 0.427. The Balaban J connectivity index is 2.03. The minimum atomic E-state index is -0.396. The first-order valence-electron chi connectivity index (χ1n) is 7.47. The number of aryl methyl sites for hydroxylation is 1. The number of oxime groups is 1. The van der Waals surface area contributed by atoms with Crippen LogP contribution in [0.5, 0.6) is 0 Å². The van der Waals surface area contributed by atoms with Crippen molar-refractivity contribution in [1.29, 1.82) is 0 Å². The average molecular weight is 285 g/mol. The average Bonchev–Trinajstić information content (AvgIpc) is 2.46. The zero-order valence-corrected chi connectivity index (χ0v) is 13.1. The summed E-state index contributed by atoms with van der Waals surface area (Å²) in [6.45, 7) is 10.2. The van der Waals surface area contributed by atoms with Crippen molar-refractivity contribution >= 4 is 11.7 Å². The number of carbonyl (C=O) groups excluding carboxylic acids is 1. The standard InChI is InChI=1S/C18H23NO2/c1-12(2)16-10-7-14(4)17(11-16)19-21-18(20)15-8-5-13(3)6-9-15/h5-6,8-9,14,16H,1,7,10-11H2,2-4H3/b19-17+/t14-,16+/m1/s1. The van der Waals surface area contributed by atoms with Crippen LogP contribution in [0.1, 0.15) is 49.0 Å². The molecule has 0 N–H and O–H groups in total. The lowest BCUT2D eigenvalue weighted by Gasteiger charge is -2.27. The summed E-state index contributed by atoms with van der Waals surface area (Å²) in [6, 6.07) is 7.31. The van der Waals surface area contributed by atoms with Gasteiger partial charge in [0.1, 0.15) is 0 Å². The van der Waals surface area contributed by atoms with Crippen molar-refractivity contribution in [2.45, 2.75) is 40.0 Å². The Morgan fingerprint density at radius 1 is 1.29 bits per heavy atom. The quantitative estimate of drug-likeness (QED) is 0.465. The predicted molar refractivity (Wildman–Crippen MR) is 85.3 cm³/mol. The van der Waals surface area contributed by atoms with Crippen molar-refractivity contribution in [3.63, 3.8) is 0 Å². The molecule has 0 saturated heterocycles. The largest absolute Gasteiger partial charge is 0.365 e. The molecule has 1 aromatic carbocycles. The second kappa shape index (κ2) is 6.70. The highest BCUT2D eigenvalue weighted by atomic mass is 16.7. The highest BCUT2D eigenvalue weighted by molar-refractivity contribution is 5.91. The second-order valence-electron chi connectivity index (χ2n) is 6.05. The maximum atomic E-state index is 12.0. The van der Waals surface area contributed by atoms with Crippen LogP contribution in [0.2, 0.25) is 0 Å². The summed E-state index contributed by atoms with van der Waals surface area (Å²) < 4.78 is 0. The third-order valence-corrected chi connectivity index (χ3v) is 4.20. The number of hydrogen-bond donors (Lipinski definition) is 0. The van der Waals surface area contributed by atoms with Gasteiger partial charge in [0.05, 0.1) is 11.3 Å². The van der Waals surface area contributed by atoms with Gasteiger partial charge < -0.3 is 4.84 Å². The molecule has 3 nitrogen and oxygen atoms in total. The highest BCUT2D eigenvalue weighted by Gasteiger charge is 2.25. The highest BCUT2D eigenvalue weighted by Crippen LogP contribution is 2.30. The Bertz CT molecular complexity index is 557. The fourth-order valence-electron chi connectivity index (χ4n) is 2.56. The van der Waals surface area contributed by atoms with Crippen molar-refractivity contribution in [2.24, 2.45) is 17.0 Å². The molecular weight excluding hydrogens is 262 g/mol. The summed E-state index contributed by atoms with van der Waals surface area (Å²) in [4.78, 5) is 17.1. The van der Waals surface area contributed by atoms with E-state index in [0.29, 0.717) is 17.4 Å². The van der Waals surface area contributed by atoms with Crippen LogP contribution < -0.4 is 0 Å². The van der Waals surface area contributed by atoms with Gasteiger partial charge in [-0.15, -0.1) is 0 Å². The summed E-state index contributed by atoms with van der Waals surface area (Å²) in [6.07, 6.45) is 3.05. The van der Waals surface area contributed by atoms with Crippen LogP contribution in [0, 0.1) is 18.8 Å². The van der Waals surface area contributed by atoms with E-state index < -0.39 is 5.97 Å². The second-order valence-corrected chi connectivity index (χ2v) is 6.05. The molecule has 1 aliphatic rings. The maximum Gasteiger partial charge on any atom is 0.365 e. The fourth-order valence-corrected chi connectivity index (χ4v) is 2.56. The van der Waals surface area contributed by atoms with Gasteiger partial charge in [-0.3, -0.25) is 0 Å². The predicted octanol–water partition coefficient (Wildman–Crippen LogP) is 4.52. The molecule has 112 valence electrons. The molecule has 0 heterocycles. The van der Waals surface area contributed by atoms with Gasteiger partial charge in [0.25, 0.3) is 0 Å². The van der Waals surface area contributed by atoms with Crippen LogP contribution in [0.3, 0.4) is 0 Å². The molecule has 1 saturated carbocycles. The van der Waals surface area contributed by atoms with Gasteiger partial charge in [0.15, 0.2) is 0 Å². The van der Waals surface area contributed by atoms with E-state index in [4.69, 9.17) is 4.84 Å². The summed E-state index contributed by atoms with van der Waals surface area (Å²) in [5, 5.41) is 4.12. The first-order valence-corrected chi connectivity index (χ1v) is 7.47. The Labute approximate surface area is 126 Å². The molecule has 0 radical (unpaired) electrons. The van der Waals surface area contributed by atoms with Crippen molar-refractivity contribution < 1.29 is 9.63 Å². The summed E-state index contributed by atoms with van der Waals surface area (Å²) in [7, 11) is 0. The molecular formula is C18H23NO2. The number of rotatable bonds is 3. The van der Waals surface area contributed by atoms with E-state index in [1.807, 2.05) is 19.1 Å². The number of hydrogen-bond acceptors (Lipinski definition) is 3. The molecule has 0 unspecified atom stereocenters. The van der Waals surface area contributed by atoms with Crippen LogP contribution in [-0.4, -0.2) is 11.7 Å². The molecule has 1 aromatic rings. The van der Waals surface area contributed by atoms with Crippen LogP contribution >= 0.6 is 0 Å². The van der Waals surface area contributed by atoms with Gasteiger partial charge in [-0.2, -0.15) is 0 Å². The number of allylic oxidation sites excluding steroid dienone is 1. The molecule has 0 aromatic heterocycles. The van der Waals surface area contributed by atoms with Crippen LogP contribution in [0.15, 0.2) is 41.6 Å². The first kappa shape index (κ1) is 15.5. The van der Waals surface area contributed by atoms with Gasteiger partial charge in [-0.1, -0.05) is 41.9 Å². The number of benzene rings is 1. The lowest BCUT2D eigenvalue weighted by atomic mass is 9.79. The Kier molecular flexibility index (Phi) is 4.94. The SMILES string of the molecule is C=C(C)[C@H]1CC[C@@H](C)/C(=N/OC(=O)c2ccc(C)cc2)C1. The smallest absolute Gasteiger partial charge is 0.313 e. The molecule has 2 atom stereocenters. The van der Waals surface area contributed by atoms with Gasteiger partial charge in [-0.05, 0) is 57.1 Å². The Morgan fingerprint density at radius 2 is 1.95 bits per heavy atom. The number of nitrogens with zero attached hydrogens (tertiary/aromatic N) is 1. The lowest BCUT2D eigenvalue weighted by molar-refractivity contribution is 0.0511. The maximum absolute atomic E-state index is 12.0. The molecule has 0 bridgehead atoms. The summed E-state index contributed by atoms with van der Waals surface area (Å²) in [5.41, 5.74) is 3.79. The Morgan fingerprint density at radius 3 is 2.57 bits per heavy atom. The van der Waals surface area contributed by atoms with Crippen LogP contribution in [0.4, 0.5) is 0 Å². The van der Waals surface area contributed by atoms with Gasteiger partial charge >= 0.3 is 5.97 Å². The third-order valence-electron chi connectivity index (χ3n) is 4.20. The first-order chi connectivity index (χ1) is 9.97. The molecule has 1 fully saturated rings. The minimum Gasteiger partial charge on any atom is -0.313 e. The van der Waals surface area contributed by atoms with Crippen molar-refractivity contribution in [3.05, 3.63) is 47.5 Å². The molecule has 0 spiro atoms. The molecule has 2 rings (SSSR count). The van der Waals surface area contributed by atoms with Crippen molar-refractivity contribution in [3.8, 4) is 0 Å². The van der Waals surface area contributed by atoms with Gasteiger partial charge in [0.2, 0.25) is 0 Å². The lowest BCUT2D eigenvalue weighted by Crippen LogP contribution is -2.24. The van der Waals surface area contributed by atoms with Gasteiger partial charge in [0, 0.05) is 0 Å². The molecule has 21 heavy (non-hydrogen) atoms. The van der Waals surface area contributed by atoms with E-state index in [-0.39, 0.29) is 0 Å². The normalized spacial score (nSPS) is 23.9. The minimum absolute atomic E-state index is 0.367. The monoisotopic (exact) mass is 285 g/mol. The zero-order valence-electron chi connectivity index (χ0n) is 13.1. The molecule has 3 heteroatoms. The molecule has 0 amide bonds. The zero-order chi connectivity index (χ0) is 15.4. The van der Waals surface area contributed by atoms with E-state index in [9.17, 15) is 4.79 Å². The van der Waals surface area contributed by atoms with E-state index in [1.54, 1.807) is 12.1 Å². The Hall–Kier alpha value is -1.90. The van der Waals surface area contributed by atoms with Crippen molar-refractivity contribution in [1.82, 2.24) is 0 Å². The van der Waals surface area contributed by atoms with Crippen molar-refractivity contribution in [2.75, 3.05) is 0 Å². The van der Waals surface area contributed by atoms with Crippen LogP contribution in [-0.2, 0) is 4.84 Å². The van der Waals surface area contributed by atoms with E-state index >= 15 is 0 Å². The van der Waals surface area contributed by atoms with Crippen LogP contribution in [0.25, 0.3) is 0 Å². The third kappa shape index (κ3) is 4.03. The fraction of sp³-hybridized carbons (Fsp3) is 0.444. The topological polar surface area (TPSA) is 38.7 Å². The van der Waals surface area contributed by atoms with Gasteiger partial charge in [-0.25, -0.2) is 4.79 Å². The van der Waals surface area contributed by atoms with E-state index in [2.05, 4.69) is 25.6 Å². The number of carbonyl (C=O) groups is 1. The van der Waals surface area contributed by atoms with E-state index in [1.165, 1.54) is 5.57 Å². The molecule has 1 aliphatic carbocycles.